The highest BCUT2D eigenvalue weighted by Crippen LogP contribution is 2.23. The van der Waals surface area contributed by atoms with E-state index in [2.05, 4.69) is 9.55 Å². The van der Waals surface area contributed by atoms with Gasteiger partial charge in [-0.25, -0.2) is 4.98 Å². The molecule has 0 unspecified atom stereocenters. The first-order valence-electron chi connectivity index (χ1n) is 5.56. The molecule has 1 aromatic heterocycles. The van der Waals surface area contributed by atoms with Crippen LogP contribution in [0.5, 0.6) is 0 Å². The summed E-state index contributed by atoms with van der Waals surface area (Å²) in [4.78, 5) is 15.1. The maximum atomic E-state index is 10.9. The van der Waals surface area contributed by atoms with Crippen LogP contribution in [0.15, 0.2) is 6.33 Å². The fourth-order valence-electron chi connectivity index (χ4n) is 1.57. The van der Waals surface area contributed by atoms with Gasteiger partial charge in [0.15, 0.2) is 0 Å². The predicted molar refractivity (Wildman–Crippen MR) is 62.4 cm³/mol. The van der Waals surface area contributed by atoms with E-state index in [9.17, 15) is 4.79 Å². The van der Waals surface area contributed by atoms with E-state index in [1.165, 1.54) is 0 Å². The lowest BCUT2D eigenvalue weighted by atomic mass is 9.88. The van der Waals surface area contributed by atoms with E-state index in [1.54, 1.807) is 13.8 Å². The molecule has 16 heavy (non-hydrogen) atoms. The van der Waals surface area contributed by atoms with Crippen molar-refractivity contribution >= 4 is 5.97 Å². The average Bonchev–Trinajstić information content (AvgIpc) is 2.49. The molecule has 0 bridgehead atoms. The van der Waals surface area contributed by atoms with E-state index < -0.39 is 11.4 Å². The summed E-state index contributed by atoms with van der Waals surface area (Å²) in [6.45, 7) is 8.38. The molecule has 0 aliphatic heterocycles. The van der Waals surface area contributed by atoms with Gasteiger partial charge in [0.2, 0.25) is 0 Å². The van der Waals surface area contributed by atoms with Gasteiger partial charge in [0.1, 0.15) is 0 Å². The lowest BCUT2D eigenvalue weighted by Gasteiger charge is -2.18. The predicted octanol–water partition coefficient (Wildman–Crippen LogP) is 2.39. The molecule has 0 amide bonds. The summed E-state index contributed by atoms with van der Waals surface area (Å²) in [5.74, 6) is -0.731. The van der Waals surface area contributed by atoms with Crippen LogP contribution >= 0.6 is 0 Å². The summed E-state index contributed by atoms with van der Waals surface area (Å²) in [7, 11) is 0. The molecule has 0 fully saturated rings. The van der Waals surface area contributed by atoms with E-state index in [4.69, 9.17) is 5.11 Å². The second-order valence-corrected chi connectivity index (χ2v) is 4.90. The van der Waals surface area contributed by atoms with Gasteiger partial charge in [-0.1, -0.05) is 0 Å². The Morgan fingerprint density at radius 1 is 1.50 bits per heavy atom. The number of carboxylic acid groups (broad SMARTS) is 1. The van der Waals surface area contributed by atoms with Crippen LogP contribution in [0, 0.1) is 19.3 Å². The van der Waals surface area contributed by atoms with Gasteiger partial charge < -0.3 is 9.67 Å². The zero-order valence-corrected chi connectivity index (χ0v) is 10.4. The Kier molecular flexibility index (Phi) is 3.73. The van der Waals surface area contributed by atoms with Crippen molar-refractivity contribution in [3.8, 4) is 0 Å². The number of hydrogen-bond donors (Lipinski definition) is 1. The lowest BCUT2D eigenvalue weighted by Crippen LogP contribution is -2.23. The van der Waals surface area contributed by atoms with Crippen molar-refractivity contribution in [3.05, 3.63) is 17.7 Å². The molecule has 1 rings (SSSR count). The molecule has 90 valence electrons. The van der Waals surface area contributed by atoms with E-state index in [1.807, 2.05) is 20.2 Å². The maximum absolute atomic E-state index is 10.9. The number of carboxylic acids is 1. The molecule has 0 saturated carbocycles. The summed E-state index contributed by atoms with van der Waals surface area (Å²) >= 11 is 0. The fraction of sp³-hybridized carbons (Fsp3) is 0.667. The standard InChI is InChI=1S/C12H20N2O2/c1-9-10(2)14(8-13-9)7-5-6-12(3,4)11(15)16/h8H,5-7H2,1-4H3,(H,15,16). The van der Waals surface area contributed by atoms with Gasteiger partial charge >= 0.3 is 5.97 Å². The normalized spacial score (nSPS) is 11.8. The van der Waals surface area contributed by atoms with Crippen LogP contribution in [0.4, 0.5) is 0 Å². The molecule has 4 nitrogen and oxygen atoms in total. The third kappa shape index (κ3) is 2.84. The van der Waals surface area contributed by atoms with Gasteiger partial charge in [0.25, 0.3) is 0 Å². The number of nitrogens with zero attached hydrogens (tertiary/aromatic N) is 2. The molecule has 0 aromatic carbocycles. The van der Waals surface area contributed by atoms with E-state index in [0.717, 1.165) is 24.4 Å². The molecule has 4 heteroatoms. The number of rotatable bonds is 5. The van der Waals surface area contributed by atoms with Crippen molar-refractivity contribution in [1.82, 2.24) is 9.55 Å². The van der Waals surface area contributed by atoms with Crippen molar-refractivity contribution in [2.75, 3.05) is 0 Å². The minimum absolute atomic E-state index is 0.635. The van der Waals surface area contributed by atoms with Gasteiger partial charge in [0.05, 0.1) is 17.4 Å². The molecule has 0 atom stereocenters. The number of carbonyl (C=O) groups is 1. The zero-order valence-electron chi connectivity index (χ0n) is 10.4. The summed E-state index contributed by atoms with van der Waals surface area (Å²) in [6.07, 6.45) is 3.35. The van der Waals surface area contributed by atoms with Gasteiger partial charge in [-0.15, -0.1) is 0 Å². The van der Waals surface area contributed by atoms with Crippen molar-refractivity contribution in [3.63, 3.8) is 0 Å². The third-order valence-electron chi connectivity index (χ3n) is 3.12. The second-order valence-electron chi connectivity index (χ2n) is 4.90. The first-order valence-corrected chi connectivity index (χ1v) is 5.56. The molecular formula is C12H20N2O2. The van der Waals surface area contributed by atoms with Gasteiger partial charge in [-0.3, -0.25) is 4.79 Å². The Morgan fingerprint density at radius 2 is 2.12 bits per heavy atom. The van der Waals surface area contributed by atoms with Crippen LogP contribution in [0.1, 0.15) is 38.1 Å². The van der Waals surface area contributed by atoms with E-state index in [-0.39, 0.29) is 0 Å². The van der Waals surface area contributed by atoms with Crippen LogP contribution in [-0.2, 0) is 11.3 Å². The summed E-state index contributed by atoms with van der Waals surface area (Å²) < 4.78 is 2.08. The second kappa shape index (κ2) is 4.68. The van der Waals surface area contributed by atoms with Crippen LogP contribution < -0.4 is 0 Å². The summed E-state index contributed by atoms with van der Waals surface area (Å²) in [6, 6.07) is 0. The highest BCUT2D eigenvalue weighted by Gasteiger charge is 2.26. The molecule has 0 spiro atoms. The first kappa shape index (κ1) is 12.7. The number of aryl methyl sites for hydroxylation is 2. The Hall–Kier alpha value is -1.32. The Balaban J connectivity index is 2.48. The van der Waals surface area contributed by atoms with Gasteiger partial charge in [-0.05, 0) is 40.5 Å². The minimum Gasteiger partial charge on any atom is -0.481 e. The van der Waals surface area contributed by atoms with Crippen molar-refractivity contribution in [2.45, 2.75) is 47.1 Å². The quantitative estimate of drug-likeness (QED) is 0.835. The largest absolute Gasteiger partial charge is 0.481 e. The molecular weight excluding hydrogens is 204 g/mol. The van der Waals surface area contributed by atoms with E-state index in [0.29, 0.717) is 6.42 Å². The monoisotopic (exact) mass is 224 g/mol. The molecule has 0 aliphatic rings. The SMILES string of the molecule is Cc1ncn(CCCC(C)(C)C(=O)O)c1C. The topological polar surface area (TPSA) is 55.1 Å². The molecule has 1 heterocycles. The Bertz CT molecular complexity index is 380. The van der Waals surface area contributed by atoms with Crippen molar-refractivity contribution in [2.24, 2.45) is 5.41 Å². The molecule has 0 saturated heterocycles. The highest BCUT2D eigenvalue weighted by molar-refractivity contribution is 5.73. The molecule has 1 N–H and O–H groups in total. The number of imidazole rings is 1. The highest BCUT2D eigenvalue weighted by atomic mass is 16.4. The molecule has 0 aliphatic carbocycles. The third-order valence-corrected chi connectivity index (χ3v) is 3.12. The van der Waals surface area contributed by atoms with Crippen molar-refractivity contribution in [1.29, 1.82) is 0 Å². The first-order chi connectivity index (χ1) is 7.34. The number of aliphatic carboxylic acids is 1. The average molecular weight is 224 g/mol. The molecule has 0 radical (unpaired) electrons. The van der Waals surface area contributed by atoms with E-state index >= 15 is 0 Å². The lowest BCUT2D eigenvalue weighted by molar-refractivity contribution is -0.147. The minimum atomic E-state index is -0.731. The summed E-state index contributed by atoms with van der Waals surface area (Å²) in [5, 5.41) is 8.98. The smallest absolute Gasteiger partial charge is 0.309 e. The molecule has 1 aromatic rings. The van der Waals surface area contributed by atoms with Crippen LogP contribution in [0.25, 0.3) is 0 Å². The fourth-order valence-corrected chi connectivity index (χ4v) is 1.57. The zero-order chi connectivity index (χ0) is 12.3. The number of aromatic nitrogens is 2. The Labute approximate surface area is 96.3 Å². The number of hydrogen-bond acceptors (Lipinski definition) is 2. The van der Waals surface area contributed by atoms with Crippen LogP contribution in [0.3, 0.4) is 0 Å². The summed E-state index contributed by atoms with van der Waals surface area (Å²) in [5.41, 5.74) is 1.56. The maximum Gasteiger partial charge on any atom is 0.309 e. The van der Waals surface area contributed by atoms with Crippen LogP contribution in [-0.4, -0.2) is 20.6 Å². The van der Waals surface area contributed by atoms with Gasteiger partial charge in [0, 0.05) is 12.2 Å². The van der Waals surface area contributed by atoms with Gasteiger partial charge in [-0.2, -0.15) is 0 Å². The van der Waals surface area contributed by atoms with Crippen LogP contribution in [0.2, 0.25) is 0 Å². The Morgan fingerprint density at radius 3 is 2.56 bits per heavy atom. The van der Waals surface area contributed by atoms with Crippen molar-refractivity contribution < 1.29 is 9.90 Å².